The fourth-order valence-electron chi connectivity index (χ4n) is 1.60. The van der Waals surface area contributed by atoms with Gasteiger partial charge in [0.25, 0.3) is 10.0 Å². The molecule has 0 fully saturated rings. The Morgan fingerprint density at radius 1 is 1.24 bits per heavy atom. The first-order valence-electron chi connectivity index (χ1n) is 5.61. The van der Waals surface area contributed by atoms with E-state index in [1.807, 2.05) is 0 Å². The third kappa shape index (κ3) is 3.24. The van der Waals surface area contributed by atoms with Crippen molar-refractivity contribution in [1.29, 1.82) is 5.26 Å². The van der Waals surface area contributed by atoms with E-state index in [4.69, 9.17) is 22.6 Å². The Bertz CT molecular complexity index is 847. The lowest BCUT2D eigenvalue weighted by Gasteiger charge is -2.10. The van der Waals surface area contributed by atoms with Crippen molar-refractivity contribution in [3.05, 3.63) is 52.8 Å². The summed E-state index contributed by atoms with van der Waals surface area (Å²) >= 11 is 5.83. The summed E-state index contributed by atoms with van der Waals surface area (Å²) in [5.41, 5.74) is 5.61. The van der Waals surface area contributed by atoms with Crippen LogP contribution in [0.25, 0.3) is 0 Å². The van der Waals surface area contributed by atoms with Crippen molar-refractivity contribution in [3.8, 4) is 6.07 Å². The van der Waals surface area contributed by atoms with Crippen LogP contribution in [0.5, 0.6) is 0 Å². The van der Waals surface area contributed by atoms with Crippen LogP contribution >= 0.6 is 11.6 Å². The van der Waals surface area contributed by atoms with Crippen molar-refractivity contribution in [2.75, 3.05) is 10.5 Å². The summed E-state index contributed by atoms with van der Waals surface area (Å²) in [5, 5.41) is 8.57. The highest BCUT2D eigenvalue weighted by Gasteiger charge is 2.19. The predicted molar refractivity (Wildman–Crippen MR) is 77.8 cm³/mol. The van der Waals surface area contributed by atoms with E-state index >= 15 is 0 Å². The molecule has 0 saturated heterocycles. The molecule has 0 saturated carbocycles. The lowest BCUT2D eigenvalue weighted by molar-refractivity contribution is 0.598. The fourth-order valence-corrected chi connectivity index (χ4v) is 3.22. The van der Waals surface area contributed by atoms with E-state index in [9.17, 15) is 12.8 Å². The van der Waals surface area contributed by atoms with E-state index in [1.165, 1.54) is 24.3 Å². The molecule has 0 aromatic heterocycles. The first-order chi connectivity index (χ1) is 9.83. The lowest BCUT2D eigenvalue weighted by atomic mass is 10.2. The second-order valence-corrected chi connectivity index (χ2v) is 6.16. The second-order valence-electron chi connectivity index (χ2n) is 4.10. The Balaban J connectivity index is 2.40. The largest absolute Gasteiger partial charge is 0.399 e. The Labute approximate surface area is 125 Å². The van der Waals surface area contributed by atoms with E-state index in [2.05, 4.69) is 4.72 Å². The molecule has 3 N–H and O–H groups in total. The summed E-state index contributed by atoms with van der Waals surface area (Å²) in [4.78, 5) is -0.220. The Morgan fingerprint density at radius 3 is 2.52 bits per heavy atom. The number of nitriles is 1. The number of anilines is 2. The molecule has 0 bridgehead atoms. The van der Waals surface area contributed by atoms with Crippen molar-refractivity contribution in [1.82, 2.24) is 0 Å². The van der Waals surface area contributed by atoms with E-state index in [-0.39, 0.29) is 21.2 Å². The number of nitrogens with zero attached hydrogens (tertiary/aromatic N) is 1. The molecular weight excluding hydrogens is 317 g/mol. The molecular formula is C13H9ClFN3O2S. The van der Waals surface area contributed by atoms with Gasteiger partial charge in [0, 0.05) is 5.69 Å². The monoisotopic (exact) mass is 325 g/mol. The second kappa shape index (κ2) is 5.60. The molecule has 0 aliphatic heterocycles. The smallest absolute Gasteiger partial charge is 0.263 e. The van der Waals surface area contributed by atoms with Crippen LogP contribution in [-0.4, -0.2) is 8.42 Å². The van der Waals surface area contributed by atoms with Crippen molar-refractivity contribution in [2.45, 2.75) is 4.90 Å². The van der Waals surface area contributed by atoms with Crippen molar-refractivity contribution in [3.63, 3.8) is 0 Å². The summed E-state index contributed by atoms with van der Waals surface area (Å²) in [6.07, 6.45) is 0. The topological polar surface area (TPSA) is 96.0 Å². The van der Waals surface area contributed by atoms with Crippen molar-refractivity contribution >= 4 is 33.0 Å². The van der Waals surface area contributed by atoms with Gasteiger partial charge in [-0.1, -0.05) is 11.6 Å². The van der Waals surface area contributed by atoms with Crippen molar-refractivity contribution in [2.24, 2.45) is 0 Å². The summed E-state index contributed by atoms with van der Waals surface area (Å²) < 4.78 is 40.1. The van der Waals surface area contributed by atoms with E-state index in [1.54, 1.807) is 6.07 Å². The number of nitrogens with two attached hydrogens (primary N) is 1. The highest BCUT2D eigenvalue weighted by Crippen LogP contribution is 2.26. The molecule has 0 unspecified atom stereocenters. The SMILES string of the molecule is N#Cc1ccc(NS(=O)(=O)c2ccc(N)cc2Cl)c(F)c1. The minimum atomic E-state index is -4.06. The third-order valence-electron chi connectivity index (χ3n) is 2.59. The van der Waals surface area contributed by atoms with Gasteiger partial charge in [0.15, 0.2) is 0 Å². The quantitative estimate of drug-likeness (QED) is 0.848. The number of nitrogens with one attached hydrogen (secondary N) is 1. The van der Waals surface area contributed by atoms with Crippen LogP contribution < -0.4 is 10.5 Å². The number of halogens is 2. The van der Waals surface area contributed by atoms with Crippen LogP contribution in [-0.2, 0) is 10.0 Å². The van der Waals surface area contributed by atoms with Gasteiger partial charge >= 0.3 is 0 Å². The number of nitrogen functional groups attached to an aromatic ring is 1. The van der Waals surface area contributed by atoms with Crippen LogP contribution in [0.2, 0.25) is 5.02 Å². The molecule has 2 aromatic rings. The predicted octanol–water partition coefficient (Wildman–Crippen LogP) is 2.73. The van der Waals surface area contributed by atoms with Gasteiger partial charge in [0.1, 0.15) is 10.7 Å². The van der Waals surface area contributed by atoms with Gasteiger partial charge < -0.3 is 5.73 Å². The lowest BCUT2D eigenvalue weighted by Crippen LogP contribution is -2.14. The van der Waals surface area contributed by atoms with Crippen molar-refractivity contribution < 1.29 is 12.8 Å². The molecule has 0 heterocycles. The summed E-state index contributed by atoms with van der Waals surface area (Å²) in [5.74, 6) is -0.857. The van der Waals surface area contributed by atoms with Gasteiger partial charge in [-0.05, 0) is 36.4 Å². The molecule has 108 valence electrons. The first-order valence-corrected chi connectivity index (χ1v) is 7.47. The molecule has 0 spiro atoms. The fraction of sp³-hybridized carbons (Fsp3) is 0. The standard InChI is InChI=1S/C13H9ClFN3O2S/c14-10-6-9(17)2-4-13(10)21(19,20)18-12-3-1-8(7-16)5-11(12)15/h1-6,18H,17H2. The molecule has 2 aromatic carbocycles. The minimum absolute atomic E-state index is 0.0726. The molecule has 5 nitrogen and oxygen atoms in total. The molecule has 0 aliphatic carbocycles. The van der Waals surface area contributed by atoms with Gasteiger partial charge in [-0.15, -0.1) is 0 Å². The van der Waals surface area contributed by atoms with Crippen LogP contribution in [0.4, 0.5) is 15.8 Å². The minimum Gasteiger partial charge on any atom is -0.399 e. The Morgan fingerprint density at radius 2 is 1.95 bits per heavy atom. The number of hydrogen-bond donors (Lipinski definition) is 2. The van der Waals surface area contributed by atoms with Gasteiger partial charge in [-0.25, -0.2) is 12.8 Å². The number of hydrogen-bond acceptors (Lipinski definition) is 4. The maximum Gasteiger partial charge on any atom is 0.263 e. The summed E-state index contributed by atoms with van der Waals surface area (Å²) in [7, 11) is -4.06. The van der Waals surface area contributed by atoms with Crippen LogP contribution in [0.3, 0.4) is 0 Å². The van der Waals surface area contributed by atoms with Gasteiger partial charge in [0.2, 0.25) is 0 Å². The number of benzene rings is 2. The van der Waals surface area contributed by atoms with E-state index in [0.29, 0.717) is 5.69 Å². The van der Waals surface area contributed by atoms with Crippen LogP contribution in [0, 0.1) is 17.1 Å². The van der Waals surface area contributed by atoms with Gasteiger partial charge in [-0.2, -0.15) is 5.26 Å². The first kappa shape index (κ1) is 15.1. The molecule has 2 rings (SSSR count). The zero-order chi connectivity index (χ0) is 15.6. The average molecular weight is 326 g/mol. The number of sulfonamides is 1. The van der Waals surface area contributed by atoms with E-state index < -0.39 is 15.8 Å². The normalized spacial score (nSPS) is 10.9. The average Bonchev–Trinajstić information content (AvgIpc) is 2.40. The summed E-state index contributed by atoms with van der Waals surface area (Å²) in [6.45, 7) is 0. The highest BCUT2D eigenvalue weighted by molar-refractivity contribution is 7.92. The molecule has 0 radical (unpaired) electrons. The number of rotatable bonds is 3. The maximum atomic E-state index is 13.7. The van der Waals surface area contributed by atoms with Gasteiger partial charge in [-0.3, -0.25) is 4.72 Å². The Kier molecular flexibility index (Phi) is 4.02. The molecule has 0 amide bonds. The Hall–Kier alpha value is -2.30. The maximum absolute atomic E-state index is 13.7. The van der Waals surface area contributed by atoms with E-state index in [0.717, 1.165) is 12.1 Å². The zero-order valence-electron chi connectivity index (χ0n) is 10.5. The van der Waals surface area contributed by atoms with Crippen LogP contribution in [0.1, 0.15) is 5.56 Å². The van der Waals surface area contributed by atoms with Gasteiger partial charge in [0.05, 0.1) is 22.3 Å². The highest BCUT2D eigenvalue weighted by atomic mass is 35.5. The zero-order valence-corrected chi connectivity index (χ0v) is 12.0. The molecule has 21 heavy (non-hydrogen) atoms. The molecule has 0 atom stereocenters. The summed E-state index contributed by atoms with van der Waals surface area (Å²) in [6, 6.07) is 9.02. The third-order valence-corrected chi connectivity index (χ3v) is 4.44. The molecule has 8 heteroatoms. The van der Waals surface area contributed by atoms with Crippen LogP contribution in [0.15, 0.2) is 41.3 Å². The molecule has 0 aliphatic rings.